The summed E-state index contributed by atoms with van der Waals surface area (Å²) >= 11 is 3.79. The van der Waals surface area contributed by atoms with E-state index >= 15 is 0 Å². The first-order valence-electron chi connectivity index (χ1n) is 10.9. The molecule has 158 valence electrons. The standard InChI is InChI=1S/C30H20BrNO/c31-26-19-20-28-30(25-13-7-8-14-27(25)33-28)29(26)21-15-17-24(18-16-21)32(22-9-3-1-4-10-22)23-11-5-2-6-12-23/h1-20H. The fraction of sp³-hybridized carbons (Fsp3) is 0. The largest absolute Gasteiger partial charge is 0.456 e. The molecule has 0 aliphatic carbocycles. The van der Waals surface area contributed by atoms with Gasteiger partial charge in [-0.05, 0) is 60.2 Å². The number of anilines is 3. The molecule has 1 heterocycles. The molecule has 2 nitrogen and oxygen atoms in total. The molecule has 0 saturated carbocycles. The average Bonchev–Trinajstić information content (AvgIpc) is 3.25. The molecule has 33 heavy (non-hydrogen) atoms. The monoisotopic (exact) mass is 489 g/mol. The average molecular weight is 490 g/mol. The number of hydrogen-bond donors (Lipinski definition) is 0. The maximum atomic E-state index is 6.12. The van der Waals surface area contributed by atoms with Gasteiger partial charge in [0.1, 0.15) is 11.2 Å². The van der Waals surface area contributed by atoms with E-state index in [1.54, 1.807) is 0 Å². The maximum Gasteiger partial charge on any atom is 0.136 e. The van der Waals surface area contributed by atoms with Crippen LogP contribution in [0.4, 0.5) is 17.1 Å². The molecule has 6 rings (SSSR count). The Hall–Kier alpha value is -3.82. The van der Waals surface area contributed by atoms with Crippen molar-refractivity contribution in [2.24, 2.45) is 0 Å². The summed E-state index contributed by atoms with van der Waals surface area (Å²) in [6, 6.07) is 42.0. The first-order valence-corrected chi connectivity index (χ1v) is 11.7. The van der Waals surface area contributed by atoms with E-state index in [0.29, 0.717) is 0 Å². The van der Waals surface area contributed by atoms with E-state index in [1.165, 1.54) is 0 Å². The Kier molecular flexibility index (Phi) is 4.97. The fourth-order valence-electron chi connectivity index (χ4n) is 4.45. The van der Waals surface area contributed by atoms with Crippen LogP contribution < -0.4 is 4.90 Å². The number of hydrogen-bond acceptors (Lipinski definition) is 2. The second kappa shape index (κ2) is 8.27. The number of furan rings is 1. The third kappa shape index (κ3) is 3.51. The molecule has 0 saturated heterocycles. The van der Waals surface area contributed by atoms with Gasteiger partial charge >= 0.3 is 0 Å². The van der Waals surface area contributed by atoms with E-state index in [1.807, 2.05) is 30.3 Å². The van der Waals surface area contributed by atoms with Crippen molar-refractivity contribution in [1.82, 2.24) is 0 Å². The third-order valence-corrected chi connectivity index (χ3v) is 6.60. The van der Waals surface area contributed by atoms with Gasteiger partial charge in [-0.2, -0.15) is 0 Å². The van der Waals surface area contributed by atoms with Crippen molar-refractivity contribution < 1.29 is 4.42 Å². The lowest BCUT2D eigenvalue weighted by atomic mass is 9.99. The third-order valence-electron chi connectivity index (χ3n) is 5.94. The van der Waals surface area contributed by atoms with Crippen LogP contribution >= 0.6 is 15.9 Å². The van der Waals surface area contributed by atoms with Crippen molar-refractivity contribution in [2.75, 3.05) is 4.90 Å². The summed E-state index contributed by atoms with van der Waals surface area (Å²) in [5, 5.41) is 2.26. The zero-order valence-electron chi connectivity index (χ0n) is 17.8. The summed E-state index contributed by atoms with van der Waals surface area (Å²) in [6.45, 7) is 0. The molecule has 0 amide bonds. The van der Waals surface area contributed by atoms with Gasteiger partial charge in [0.15, 0.2) is 0 Å². The van der Waals surface area contributed by atoms with Gasteiger partial charge in [0, 0.05) is 37.9 Å². The van der Waals surface area contributed by atoms with Crippen molar-refractivity contribution in [1.29, 1.82) is 0 Å². The Morgan fingerprint density at radius 3 is 1.76 bits per heavy atom. The minimum absolute atomic E-state index is 0.897. The molecule has 0 spiro atoms. The first-order chi connectivity index (χ1) is 16.3. The normalized spacial score (nSPS) is 11.2. The zero-order chi connectivity index (χ0) is 22.2. The summed E-state index contributed by atoms with van der Waals surface area (Å²) in [4.78, 5) is 2.27. The summed E-state index contributed by atoms with van der Waals surface area (Å²) in [5.74, 6) is 0. The Labute approximate surface area is 200 Å². The van der Waals surface area contributed by atoms with Crippen LogP contribution in [0.3, 0.4) is 0 Å². The van der Waals surface area contributed by atoms with Crippen LogP contribution in [0.5, 0.6) is 0 Å². The van der Waals surface area contributed by atoms with Gasteiger partial charge in [0.05, 0.1) is 0 Å². The Bertz CT molecular complexity index is 1510. The van der Waals surface area contributed by atoms with Crippen molar-refractivity contribution in [3.8, 4) is 11.1 Å². The highest BCUT2D eigenvalue weighted by Crippen LogP contribution is 2.42. The number of benzene rings is 5. The maximum absolute atomic E-state index is 6.12. The number of rotatable bonds is 4. The molecule has 0 N–H and O–H groups in total. The van der Waals surface area contributed by atoms with E-state index in [2.05, 4.69) is 112 Å². The molecule has 5 aromatic carbocycles. The number of halogens is 1. The molecule has 0 unspecified atom stereocenters. The Balaban J connectivity index is 1.50. The SMILES string of the molecule is Brc1ccc2oc3ccccc3c2c1-c1ccc(N(c2ccccc2)c2ccccc2)cc1. The molecule has 3 heteroatoms. The molecule has 6 aromatic rings. The highest BCUT2D eigenvalue weighted by Gasteiger charge is 2.17. The molecule has 0 radical (unpaired) electrons. The van der Waals surface area contributed by atoms with Crippen LogP contribution in [0.15, 0.2) is 130 Å². The second-order valence-electron chi connectivity index (χ2n) is 7.95. The molecule has 0 bridgehead atoms. The van der Waals surface area contributed by atoms with E-state index in [9.17, 15) is 0 Å². The molecule has 0 fully saturated rings. The minimum atomic E-state index is 0.897. The smallest absolute Gasteiger partial charge is 0.136 e. The summed E-state index contributed by atoms with van der Waals surface area (Å²) in [5.41, 5.74) is 7.45. The highest BCUT2D eigenvalue weighted by atomic mass is 79.9. The summed E-state index contributed by atoms with van der Waals surface area (Å²) in [6.07, 6.45) is 0. The zero-order valence-corrected chi connectivity index (χ0v) is 19.4. The van der Waals surface area contributed by atoms with E-state index in [-0.39, 0.29) is 0 Å². The predicted octanol–water partition coefficient (Wildman–Crippen LogP) is 9.49. The predicted molar refractivity (Wildman–Crippen MR) is 142 cm³/mol. The van der Waals surface area contributed by atoms with Gasteiger partial charge in [0.2, 0.25) is 0 Å². The highest BCUT2D eigenvalue weighted by molar-refractivity contribution is 9.10. The number of nitrogens with zero attached hydrogens (tertiary/aromatic N) is 1. The van der Waals surface area contributed by atoms with Crippen LogP contribution in [0.25, 0.3) is 33.1 Å². The topological polar surface area (TPSA) is 16.4 Å². The van der Waals surface area contributed by atoms with Crippen LogP contribution in [0, 0.1) is 0 Å². The second-order valence-corrected chi connectivity index (χ2v) is 8.80. The lowest BCUT2D eigenvalue weighted by Gasteiger charge is -2.25. The minimum Gasteiger partial charge on any atom is -0.456 e. The van der Waals surface area contributed by atoms with Gasteiger partial charge in [0.25, 0.3) is 0 Å². The molecular formula is C30H20BrNO. The van der Waals surface area contributed by atoms with Gasteiger partial charge in [-0.3, -0.25) is 0 Å². The van der Waals surface area contributed by atoms with Crippen LogP contribution in [0.2, 0.25) is 0 Å². The molecule has 1 aromatic heterocycles. The molecular weight excluding hydrogens is 470 g/mol. The molecule has 0 atom stereocenters. The van der Waals surface area contributed by atoms with E-state index in [0.717, 1.165) is 54.6 Å². The Morgan fingerprint density at radius 2 is 1.09 bits per heavy atom. The molecule has 0 aliphatic rings. The van der Waals surface area contributed by atoms with Crippen molar-refractivity contribution in [3.63, 3.8) is 0 Å². The lowest BCUT2D eigenvalue weighted by molar-refractivity contribution is 0.669. The fourth-order valence-corrected chi connectivity index (χ4v) is 5.01. The molecule has 0 aliphatic heterocycles. The number of para-hydroxylation sites is 3. The van der Waals surface area contributed by atoms with Crippen LogP contribution in [-0.2, 0) is 0 Å². The van der Waals surface area contributed by atoms with Crippen molar-refractivity contribution in [2.45, 2.75) is 0 Å². The van der Waals surface area contributed by atoms with Crippen molar-refractivity contribution in [3.05, 3.63) is 126 Å². The van der Waals surface area contributed by atoms with Gasteiger partial charge < -0.3 is 9.32 Å². The number of fused-ring (bicyclic) bond motifs is 3. The van der Waals surface area contributed by atoms with Gasteiger partial charge in [-0.25, -0.2) is 0 Å². The van der Waals surface area contributed by atoms with Crippen LogP contribution in [0.1, 0.15) is 0 Å². The van der Waals surface area contributed by atoms with Crippen molar-refractivity contribution >= 4 is 54.9 Å². The van der Waals surface area contributed by atoms with Gasteiger partial charge in [-0.1, -0.05) is 82.7 Å². The lowest BCUT2D eigenvalue weighted by Crippen LogP contribution is -2.09. The first kappa shape index (κ1) is 19.8. The van der Waals surface area contributed by atoms with Gasteiger partial charge in [-0.15, -0.1) is 0 Å². The van der Waals surface area contributed by atoms with Crippen LogP contribution in [-0.4, -0.2) is 0 Å². The summed E-state index contributed by atoms with van der Waals surface area (Å²) in [7, 11) is 0. The Morgan fingerprint density at radius 1 is 0.515 bits per heavy atom. The van der Waals surface area contributed by atoms with E-state index in [4.69, 9.17) is 4.42 Å². The summed E-state index contributed by atoms with van der Waals surface area (Å²) < 4.78 is 7.17. The van der Waals surface area contributed by atoms with E-state index < -0.39 is 0 Å². The quantitative estimate of drug-likeness (QED) is 0.245.